The molecule has 0 heterocycles. The number of hydrogen-bond acceptors (Lipinski definition) is 4. The van der Waals surface area contributed by atoms with Gasteiger partial charge in [0.05, 0.1) is 18.4 Å². The molecule has 0 unspecified atom stereocenters. The largest absolute Gasteiger partial charge is 0.497 e. The average molecular weight is 241 g/mol. The predicted molar refractivity (Wildman–Crippen MR) is 59.8 cm³/mol. The Morgan fingerprint density at radius 1 is 1.44 bits per heavy atom. The lowest BCUT2D eigenvalue weighted by atomic mass is 10.1. The summed E-state index contributed by atoms with van der Waals surface area (Å²) in [7, 11) is 1.55. The fraction of sp³-hybridized carbons (Fsp3) is 0.200. The summed E-state index contributed by atoms with van der Waals surface area (Å²) in [6.45, 7) is 0. The van der Waals surface area contributed by atoms with Crippen molar-refractivity contribution in [2.75, 3.05) is 7.11 Å². The summed E-state index contributed by atoms with van der Waals surface area (Å²) in [5.74, 6) is -0.0671. The van der Waals surface area contributed by atoms with Crippen LogP contribution in [0.5, 0.6) is 5.75 Å². The van der Waals surface area contributed by atoms with Gasteiger partial charge in [0.25, 0.3) is 5.91 Å². The molecule has 0 aliphatic carbocycles. The molecule has 2 N–H and O–H groups in total. The zero-order valence-corrected chi connectivity index (χ0v) is 9.41. The molecule has 1 amide bonds. The average Bonchev–Trinajstić information content (AvgIpc) is 2.35. The van der Waals surface area contributed by atoms with Crippen molar-refractivity contribution in [3.05, 3.63) is 29.8 Å². The molecule has 1 aromatic rings. The molecule has 16 heavy (non-hydrogen) atoms. The number of hydrogen-bond donors (Lipinski definition) is 2. The van der Waals surface area contributed by atoms with Gasteiger partial charge in [0.2, 0.25) is 0 Å². The number of hydroxylamine groups is 1. The fourth-order valence-electron chi connectivity index (χ4n) is 1.14. The van der Waals surface area contributed by atoms with Crippen LogP contribution in [-0.2, 0) is 22.5 Å². The van der Waals surface area contributed by atoms with Gasteiger partial charge in [-0.1, -0.05) is 12.1 Å². The second-order valence-corrected chi connectivity index (χ2v) is 3.63. The minimum atomic E-state index is -0.768. The summed E-state index contributed by atoms with van der Waals surface area (Å²) >= 11 is 0.0708. The number of amides is 1. The van der Waals surface area contributed by atoms with E-state index in [9.17, 15) is 9.00 Å². The summed E-state index contributed by atoms with van der Waals surface area (Å²) in [4.78, 5) is 11.0. The van der Waals surface area contributed by atoms with Gasteiger partial charge in [0.1, 0.15) is 10.6 Å². The maximum atomic E-state index is 11.0. The standard InChI is InChI=1S/C10H11NO4S/c1-15-8-4-2-7(3-5-8)6-9(16-14)10(12)11-13/h2-5,13H,6H2,1H3,(H,11,12). The molecule has 0 saturated heterocycles. The maximum absolute atomic E-state index is 11.0. The third-order valence-electron chi connectivity index (χ3n) is 1.98. The number of rotatable bonds is 4. The van der Waals surface area contributed by atoms with Gasteiger partial charge in [0, 0.05) is 6.42 Å². The molecular formula is C10H11NO4S. The second kappa shape index (κ2) is 6.04. The van der Waals surface area contributed by atoms with Crippen molar-refractivity contribution in [3.8, 4) is 5.75 Å². The van der Waals surface area contributed by atoms with E-state index in [1.165, 1.54) is 5.48 Å². The molecule has 0 radical (unpaired) electrons. The Bertz CT molecular complexity index is 423. The molecule has 0 spiro atoms. The summed E-state index contributed by atoms with van der Waals surface area (Å²) < 4.78 is 15.6. The van der Waals surface area contributed by atoms with E-state index in [0.717, 1.165) is 5.56 Å². The van der Waals surface area contributed by atoms with Gasteiger partial charge < -0.3 is 4.74 Å². The van der Waals surface area contributed by atoms with Crippen LogP contribution in [0.4, 0.5) is 0 Å². The molecule has 6 heteroatoms. The Hall–Kier alpha value is -1.66. The van der Waals surface area contributed by atoms with Crippen molar-refractivity contribution < 1.29 is 18.9 Å². The van der Waals surface area contributed by atoms with E-state index < -0.39 is 5.91 Å². The van der Waals surface area contributed by atoms with Gasteiger partial charge in [-0.3, -0.25) is 10.0 Å². The summed E-state index contributed by atoms with van der Waals surface area (Å²) in [6.07, 6.45) is 0.185. The molecule has 1 aromatic carbocycles. The van der Waals surface area contributed by atoms with Crippen LogP contribution in [0.25, 0.3) is 0 Å². The highest BCUT2D eigenvalue weighted by Crippen LogP contribution is 2.11. The molecule has 0 atom stereocenters. The molecule has 0 saturated carbocycles. The lowest BCUT2D eigenvalue weighted by Crippen LogP contribution is -2.29. The van der Waals surface area contributed by atoms with Crippen molar-refractivity contribution >= 4 is 22.0 Å². The van der Waals surface area contributed by atoms with Gasteiger partial charge in [-0.15, -0.1) is 0 Å². The van der Waals surface area contributed by atoms with Crippen molar-refractivity contribution in [2.45, 2.75) is 6.42 Å². The first-order valence-electron chi connectivity index (χ1n) is 4.44. The van der Waals surface area contributed by atoms with Gasteiger partial charge in [-0.2, -0.15) is 0 Å². The SMILES string of the molecule is COc1ccc(CC(=S=O)C(=O)NO)cc1. The van der Waals surface area contributed by atoms with E-state index in [-0.39, 0.29) is 22.5 Å². The van der Waals surface area contributed by atoms with E-state index in [0.29, 0.717) is 5.75 Å². The minimum absolute atomic E-state index is 0.00710. The zero-order chi connectivity index (χ0) is 12.0. The van der Waals surface area contributed by atoms with Crippen molar-refractivity contribution in [1.82, 2.24) is 5.48 Å². The first-order valence-corrected chi connectivity index (χ1v) is 5.18. The smallest absolute Gasteiger partial charge is 0.284 e. The van der Waals surface area contributed by atoms with Crippen LogP contribution in [0.2, 0.25) is 0 Å². The molecule has 0 aromatic heterocycles. The Morgan fingerprint density at radius 3 is 2.50 bits per heavy atom. The number of carbonyl (C=O) groups excluding carboxylic acids is 1. The molecular weight excluding hydrogens is 230 g/mol. The van der Waals surface area contributed by atoms with Crippen molar-refractivity contribution in [3.63, 3.8) is 0 Å². The predicted octanol–water partition coefficient (Wildman–Crippen LogP) is 0.128. The molecule has 5 nitrogen and oxygen atoms in total. The lowest BCUT2D eigenvalue weighted by molar-refractivity contribution is -0.122. The van der Waals surface area contributed by atoms with Gasteiger partial charge in [0.15, 0.2) is 0 Å². The molecule has 0 aliphatic rings. The van der Waals surface area contributed by atoms with Gasteiger partial charge in [-0.25, -0.2) is 9.69 Å². The summed E-state index contributed by atoms with van der Waals surface area (Å²) in [5.41, 5.74) is 2.23. The maximum Gasteiger partial charge on any atom is 0.284 e. The zero-order valence-electron chi connectivity index (χ0n) is 8.60. The van der Waals surface area contributed by atoms with Crippen LogP contribution in [0.1, 0.15) is 5.56 Å². The van der Waals surface area contributed by atoms with E-state index >= 15 is 0 Å². The summed E-state index contributed by atoms with van der Waals surface area (Å²) in [6, 6.07) is 6.97. The van der Waals surface area contributed by atoms with Crippen LogP contribution in [0.15, 0.2) is 24.3 Å². The van der Waals surface area contributed by atoms with E-state index in [1.54, 1.807) is 31.4 Å². The highest BCUT2D eigenvalue weighted by molar-refractivity contribution is 7.68. The molecule has 0 aliphatic heterocycles. The molecule has 0 fully saturated rings. The third-order valence-corrected chi connectivity index (χ3v) is 2.51. The number of ether oxygens (including phenoxy) is 1. The number of carbonyl (C=O) groups is 1. The fourth-order valence-corrected chi connectivity index (χ4v) is 1.49. The molecule has 86 valence electrons. The van der Waals surface area contributed by atoms with Crippen molar-refractivity contribution in [1.29, 1.82) is 0 Å². The number of benzene rings is 1. The topological polar surface area (TPSA) is 75.6 Å². The molecule has 1 rings (SSSR count). The van der Waals surface area contributed by atoms with Crippen LogP contribution in [0, 0.1) is 0 Å². The lowest BCUT2D eigenvalue weighted by Gasteiger charge is -2.03. The molecule has 0 bridgehead atoms. The minimum Gasteiger partial charge on any atom is -0.497 e. The second-order valence-electron chi connectivity index (χ2n) is 2.97. The normalized spacial score (nSPS) is 9.38. The monoisotopic (exact) mass is 241 g/mol. The highest BCUT2D eigenvalue weighted by atomic mass is 32.1. The third kappa shape index (κ3) is 3.18. The summed E-state index contributed by atoms with van der Waals surface area (Å²) in [5, 5.41) is 8.40. The van der Waals surface area contributed by atoms with Gasteiger partial charge in [-0.05, 0) is 17.7 Å². The Morgan fingerprint density at radius 2 is 2.06 bits per heavy atom. The Balaban J connectivity index is 2.79. The quantitative estimate of drug-likeness (QED) is 0.446. The first-order chi connectivity index (χ1) is 7.71. The number of methoxy groups -OCH3 is 1. The van der Waals surface area contributed by atoms with E-state index in [1.807, 2.05) is 0 Å². The van der Waals surface area contributed by atoms with E-state index in [4.69, 9.17) is 9.94 Å². The van der Waals surface area contributed by atoms with Crippen LogP contribution in [-0.4, -0.2) is 27.3 Å². The highest BCUT2D eigenvalue weighted by Gasteiger charge is 2.10. The number of nitrogens with one attached hydrogen (secondary N) is 1. The van der Waals surface area contributed by atoms with Crippen LogP contribution >= 0.6 is 0 Å². The first kappa shape index (κ1) is 12.4. The van der Waals surface area contributed by atoms with Crippen LogP contribution < -0.4 is 10.2 Å². The van der Waals surface area contributed by atoms with Crippen LogP contribution in [0.3, 0.4) is 0 Å². The van der Waals surface area contributed by atoms with Crippen molar-refractivity contribution in [2.24, 2.45) is 0 Å². The Labute approximate surface area is 96.1 Å². The Kier molecular flexibility index (Phi) is 4.68. The van der Waals surface area contributed by atoms with Gasteiger partial charge >= 0.3 is 0 Å². The van der Waals surface area contributed by atoms with E-state index in [2.05, 4.69) is 0 Å².